The molecular formula is C19H26N4O2. The first-order valence-electron chi connectivity index (χ1n) is 9.21. The molecule has 2 aromatic rings. The Hall–Kier alpha value is -2.05. The quantitative estimate of drug-likeness (QED) is 0.895. The van der Waals surface area contributed by atoms with Gasteiger partial charge >= 0.3 is 6.03 Å². The van der Waals surface area contributed by atoms with Gasteiger partial charge in [0.15, 0.2) is 0 Å². The van der Waals surface area contributed by atoms with Crippen LogP contribution >= 0.6 is 0 Å². The fraction of sp³-hybridized carbons (Fsp3) is 0.526. The number of rotatable bonds is 4. The maximum atomic E-state index is 12.6. The van der Waals surface area contributed by atoms with Gasteiger partial charge < -0.3 is 19.9 Å². The second kappa shape index (κ2) is 7.45. The molecule has 2 aliphatic rings. The average molecular weight is 342 g/mol. The van der Waals surface area contributed by atoms with Gasteiger partial charge in [0.2, 0.25) is 0 Å². The lowest BCUT2D eigenvalue weighted by molar-refractivity contribution is 0.0292. The number of aromatic amines is 1. The second-order valence-corrected chi connectivity index (χ2v) is 6.94. The Bertz CT molecular complexity index is 690. The summed E-state index contributed by atoms with van der Waals surface area (Å²) in [7, 11) is 0. The number of hydrogen-bond acceptors (Lipinski definition) is 3. The molecule has 3 heterocycles. The number of amides is 2. The van der Waals surface area contributed by atoms with Gasteiger partial charge in [-0.1, -0.05) is 18.2 Å². The first-order chi connectivity index (χ1) is 12.3. The van der Waals surface area contributed by atoms with E-state index in [1.807, 2.05) is 17.0 Å². The fourth-order valence-corrected chi connectivity index (χ4v) is 3.88. The summed E-state index contributed by atoms with van der Waals surface area (Å²) < 4.78 is 5.41. The van der Waals surface area contributed by atoms with Gasteiger partial charge in [-0.2, -0.15) is 0 Å². The first kappa shape index (κ1) is 16.4. The summed E-state index contributed by atoms with van der Waals surface area (Å²) in [5, 5.41) is 4.26. The van der Waals surface area contributed by atoms with Crippen LogP contribution in [0.4, 0.5) is 4.79 Å². The van der Waals surface area contributed by atoms with Gasteiger partial charge in [0.1, 0.15) is 0 Å². The van der Waals surface area contributed by atoms with Crippen LogP contribution in [0.5, 0.6) is 0 Å². The van der Waals surface area contributed by atoms with Crippen molar-refractivity contribution in [1.82, 2.24) is 20.1 Å². The van der Waals surface area contributed by atoms with Gasteiger partial charge in [-0.3, -0.25) is 4.90 Å². The average Bonchev–Trinajstić information content (AvgIpc) is 3.27. The number of fused-ring (bicyclic) bond motifs is 1. The van der Waals surface area contributed by atoms with Crippen molar-refractivity contribution in [3.05, 3.63) is 36.0 Å². The Morgan fingerprint density at radius 3 is 2.92 bits per heavy atom. The zero-order valence-electron chi connectivity index (χ0n) is 14.5. The Balaban J connectivity index is 1.33. The number of ether oxygens (including phenoxy) is 1. The maximum Gasteiger partial charge on any atom is 0.318 e. The van der Waals surface area contributed by atoms with E-state index in [0.717, 1.165) is 63.4 Å². The minimum atomic E-state index is 0.0504. The number of benzene rings is 1. The van der Waals surface area contributed by atoms with Gasteiger partial charge in [-0.05, 0) is 30.4 Å². The largest absolute Gasteiger partial charge is 0.379 e. The molecule has 6 nitrogen and oxygen atoms in total. The Labute approximate surface area is 148 Å². The van der Waals surface area contributed by atoms with Crippen LogP contribution in [0.3, 0.4) is 0 Å². The van der Waals surface area contributed by atoms with E-state index in [4.69, 9.17) is 4.74 Å². The minimum Gasteiger partial charge on any atom is -0.379 e. The van der Waals surface area contributed by atoms with E-state index >= 15 is 0 Å². The number of H-pyrrole nitrogens is 1. The third-order valence-corrected chi connectivity index (χ3v) is 5.23. The predicted octanol–water partition coefficient (Wildman–Crippen LogP) is 2.17. The molecule has 0 bridgehead atoms. The molecule has 25 heavy (non-hydrogen) atoms. The van der Waals surface area contributed by atoms with Gasteiger partial charge in [0, 0.05) is 43.4 Å². The van der Waals surface area contributed by atoms with Gasteiger partial charge in [-0.15, -0.1) is 0 Å². The van der Waals surface area contributed by atoms with E-state index in [9.17, 15) is 4.79 Å². The SMILES string of the molecule is O=C(NCc1cc2ccccc2[nH]1)N1CCC[C@@H]1CN1CCOCC1. The number of carbonyl (C=O) groups excluding carboxylic acids is 1. The number of likely N-dealkylation sites (tertiary alicyclic amines) is 1. The topological polar surface area (TPSA) is 60.6 Å². The summed E-state index contributed by atoms with van der Waals surface area (Å²) in [5.41, 5.74) is 2.15. The summed E-state index contributed by atoms with van der Waals surface area (Å²) in [5.74, 6) is 0. The summed E-state index contributed by atoms with van der Waals surface area (Å²) in [6, 6.07) is 10.6. The molecule has 4 rings (SSSR count). The standard InChI is InChI=1S/C19H26N4O2/c24-19(20-13-16-12-15-4-1-2-6-18(15)21-16)23-7-3-5-17(23)14-22-8-10-25-11-9-22/h1-2,4,6,12,17,21H,3,5,7-11,13-14H2,(H,20,24)/t17-/m1/s1. The molecule has 134 valence electrons. The van der Waals surface area contributed by atoms with Crippen molar-refractivity contribution in [3.63, 3.8) is 0 Å². The number of nitrogens with one attached hydrogen (secondary N) is 2. The number of morpholine rings is 1. The highest BCUT2D eigenvalue weighted by atomic mass is 16.5. The van der Waals surface area contributed by atoms with Crippen LogP contribution in [0, 0.1) is 0 Å². The summed E-state index contributed by atoms with van der Waals surface area (Å²) >= 11 is 0. The molecule has 0 unspecified atom stereocenters. The molecule has 2 aliphatic heterocycles. The molecule has 2 saturated heterocycles. The maximum absolute atomic E-state index is 12.6. The number of aromatic nitrogens is 1. The van der Waals surface area contributed by atoms with Crippen LogP contribution in [-0.2, 0) is 11.3 Å². The normalized spacial score (nSPS) is 21.8. The van der Waals surface area contributed by atoms with Crippen molar-refractivity contribution >= 4 is 16.9 Å². The molecule has 1 aromatic heterocycles. The summed E-state index contributed by atoms with van der Waals surface area (Å²) in [4.78, 5) is 20.4. The van der Waals surface area contributed by atoms with Crippen molar-refractivity contribution in [2.75, 3.05) is 39.4 Å². The molecule has 0 saturated carbocycles. The second-order valence-electron chi connectivity index (χ2n) is 6.94. The van der Waals surface area contributed by atoms with E-state index in [1.54, 1.807) is 0 Å². The van der Waals surface area contributed by atoms with Crippen LogP contribution in [0.2, 0.25) is 0 Å². The molecule has 0 radical (unpaired) electrons. The number of para-hydroxylation sites is 1. The molecule has 1 atom stereocenters. The van der Waals surface area contributed by atoms with Gasteiger partial charge in [0.05, 0.1) is 19.8 Å². The van der Waals surface area contributed by atoms with Crippen LogP contribution in [-0.4, -0.2) is 66.2 Å². The van der Waals surface area contributed by atoms with Crippen molar-refractivity contribution in [1.29, 1.82) is 0 Å². The number of nitrogens with zero attached hydrogens (tertiary/aromatic N) is 2. The first-order valence-corrected chi connectivity index (χ1v) is 9.21. The molecule has 0 spiro atoms. The molecule has 2 N–H and O–H groups in total. The van der Waals surface area contributed by atoms with Crippen molar-refractivity contribution in [2.45, 2.75) is 25.4 Å². The molecule has 6 heteroatoms. The number of urea groups is 1. The van der Waals surface area contributed by atoms with Crippen LogP contribution in [0.25, 0.3) is 10.9 Å². The summed E-state index contributed by atoms with van der Waals surface area (Å²) in [6.07, 6.45) is 2.19. The highest BCUT2D eigenvalue weighted by molar-refractivity contribution is 5.80. The van der Waals surface area contributed by atoms with E-state index in [-0.39, 0.29) is 6.03 Å². The van der Waals surface area contributed by atoms with Crippen molar-refractivity contribution in [3.8, 4) is 0 Å². The highest BCUT2D eigenvalue weighted by Crippen LogP contribution is 2.19. The van der Waals surface area contributed by atoms with Crippen LogP contribution in [0.15, 0.2) is 30.3 Å². The van der Waals surface area contributed by atoms with E-state index in [2.05, 4.69) is 33.4 Å². The number of hydrogen-bond donors (Lipinski definition) is 2. The molecular weight excluding hydrogens is 316 g/mol. The fourth-order valence-electron chi connectivity index (χ4n) is 3.88. The Morgan fingerprint density at radius 1 is 1.24 bits per heavy atom. The van der Waals surface area contributed by atoms with Crippen molar-refractivity contribution < 1.29 is 9.53 Å². The predicted molar refractivity (Wildman–Crippen MR) is 97.5 cm³/mol. The van der Waals surface area contributed by atoms with Crippen LogP contribution in [0.1, 0.15) is 18.5 Å². The Morgan fingerprint density at radius 2 is 2.08 bits per heavy atom. The third kappa shape index (κ3) is 3.80. The summed E-state index contributed by atoms with van der Waals surface area (Å²) in [6.45, 7) is 5.91. The number of carbonyl (C=O) groups is 1. The van der Waals surface area contributed by atoms with Gasteiger partial charge in [-0.25, -0.2) is 4.79 Å². The van der Waals surface area contributed by atoms with Crippen molar-refractivity contribution in [2.24, 2.45) is 0 Å². The molecule has 2 amide bonds. The van der Waals surface area contributed by atoms with E-state index in [1.165, 1.54) is 5.39 Å². The molecule has 2 fully saturated rings. The monoisotopic (exact) mass is 342 g/mol. The van der Waals surface area contributed by atoms with Gasteiger partial charge in [0.25, 0.3) is 0 Å². The lowest BCUT2D eigenvalue weighted by Crippen LogP contribution is -2.49. The zero-order chi connectivity index (χ0) is 17.1. The highest BCUT2D eigenvalue weighted by Gasteiger charge is 2.30. The lowest BCUT2D eigenvalue weighted by Gasteiger charge is -2.32. The molecule has 1 aromatic carbocycles. The van der Waals surface area contributed by atoms with E-state index in [0.29, 0.717) is 12.6 Å². The van der Waals surface area contributed by atoms with Crippen LogP contribution < -0.4 is 5.32 Å². The smallest absolute Gasteiger partial charge is 0.318 e. The Kier molecular flexibility index (Phi) is 4.90. The minimum absolute atomic E-state index is 0.0504. The molecule has 0 aliphatic carbocycles. The zero-order valence-corrected chi connectivity index (χ0v) is 14.5. The van der Waals surface area contributed by atoms with E-state index < -0.39 is 0 Å². The lowest BCUT2D eigenvalue weighted by atomic mass is 10.2. The third-order valence-electron chi connectivity index (χ3n) is 5.23.